The van der Waals surface area contributed by atoms with Crippen LogP contribution in [-0.2, 0) is 0 Å². The molecule has 1 aliphatic rings. The molecule has 22 heavy (non-hydrogen) atoms. The molecule has 103 valence electrons. The Kier molecular flexibility index (Phi) is 2.76. The van der Waals surface area contributed by atoms with E-state index in [1.54, 1.807) is 42.5 Å². The van der Waals surface area contributed by atoms with Crippen molar-refractivity contribution in [3.8, 4) is 11.1 Å². The average Bonchev–Trinajstić information content (AvgIpc) is 2.60. The highest BCUT2D eigenvalue weighted by molar-refractivity contribution is 6.30. The first kappa shape index (κ1) is 12.7. The summed E-state index contributed by atoms with van der Waals surface area (Å²) in [5.41, 5.74) is 3.65. The monoisotopic (exact) mass is 283 g/mol. The lowest BCUT2D eigenvalue weighted by Crippen LogP contribution is -2.21. The van der Waals surface area contributed by atoms with E-state index in [-0.39, 0.29) is 11.6 Å². The van der Waals surface area contributed by atoms with Crippen molar-refractivity contribution in [3.05, 3.63) is 95.1 Å². The van der Waals surface area contributed by atoms with Crippen LogP contribution in [-0.4, -0.2) is 11.6 Å². The SMILES string of the molecule is O=C1c2ccccc2C(=O)c2c1cccc2-c1cc[c]cc1. The molecule has 0 N–H and O–H groups in total. The van der Waals surface area contributed by atoms with Gasteiger partial charge in [-0.05, 0) is 17.2 Å². The summed E-state index contributed by atoms with van der Waals surface area (Å²) in [7, 11) is 0. The van der Waals surface area contributed by atoms with Crippen LogP contribution in [0.25, 0.3) is 11.1 Å². The fraction of sp³-hybridized carbons (Fsp3) is 0. The molecular weight excluding hydrogens is 272 g/mol. The zero-order chi connectivity index (χ0) is 15.1. The standard InChI is InChI=1S/C20H11O2/c21-19-15-9-4-5-10-16(15)20(22)18-14(11-6-12-17(18)19)13-7-2-1-3-8-13/h2-12H. The number of hydrogen-bond acceptors (Lipinski definition) is 2. The highest BCUT2D eigenvalue weighted by atomic mass is 16.1. The lowest BCUT2D eigenvalue weighted by molar-refractivity contribution is 0.0979. The number of ketones is 2. The number of benzene rings is 3. The summed E-state index contributed by atoms with van der Waals surface area (Å²) in [6, 6.07) is 22.8. The van der Waals surface area contributed by atoms with E-state index in [0.29, 0.717) is 22.3 Å². The van der Waals surface area contributed by atoms with Gasteiger partial charge in [-0.3, -0.25) is 9.59 Å². The lowest BCUT2D eigenvalue weighted by Gasteiger charge is -2.20. The molecule has 3 aromatic carbocycles. The molecule has 0 aromatic heterocycles. The van der Waals surface area contributed by atoms with E-state index in [0.717, 1.165) is 11.1 Å². The van der Waals surface area contributed by atoms with Crippen LogP contribution in [0.2, 0.25) is 0 Å². The fourth-order valence-electron chi connectivity index (χ4n) is 2.95. The molecule has 0 heterocycles. The maximum Gasteiger partial charge on any atom is 0.195 e. The molecule has 4 rings (SSSR count). The van der Waals surface area contributed by atoms with Crippen molar-refractivity contribution in [1.82, 2.24) is 0 Å². The molecule has 0 unspecified atom stereocenters. The number of carbonyl (C=O) groups is 2. The minimum absolute atomic E-state index is 0.0884. The Balaban J connectivity index is 2.02. The number of fused-ring (bicyclic) bond motifs is 2. The molecule has 2 nitrogen and oxygen atoms in total. The van der Waals surface area contributed by atoms with Crippen molar-refractivity contribution < 1.29 is 9.59 Å². The van der Waals surface area contributed by atoms with E-state index in [2.05, 4.69) is 6.07 Å². The highest BCUT2D eigenvalue weighted by Crippen LogP contribution is 2.34. The summed E-state index contributed by atoms with van der Waals surface area (Å²) in [6.07, 6.45) is 0. The summed E-state index contributed by atoms with van der Waals surface area (Å²) in [5, 5.41) is 0. The first-order valence-corrected chi connectivity index (χ1v) is 7.05. The minimum Gasteiger partial charge on any atom is -0.289 e. The van der Waals surface area contributed by atoms with Crippen molar-refractivity contribution in [2.24, 2.45) is 0 Å². The predicted octanol–water partition coefficient (Wildman–Crippen LogP) is 3.93. The van der Waals surface area contributed by atoms with Gasteiger partial charge in [0.1, 0.15) is 0 Å². The maximum atomic E-state index is 12.9. The minimum atomic E-state index is -0.0892. The number of hydrogen-bond donors (Lipinski definition) is 0. The molecule has 0 fully saturated rings. The van der Waals surface area contributed by atoms with Crippen LogP contribution in [0.3, 0.4) is 0 Å². The molecule has 1 radical (unpaired) electrons. The van der Waals surface area contributed by atoms with Gasteiger partial charge in [0.05, 0.1) is 0 Å². The van der Waals surface area contributed by atoms with Gasteiger partial charge < -0.3 is 0 Å². The van der Waals surface area contributed by atoms with E-state index in [4.69, 9.17) is 0 Å². The van der Waals surface area contributed by atoms with Crippen LogP contribution in [0.1, 0.15) is 31.8 Å². The molecule has 0 saturated carbocycles. The van der Waals surface area contributed by atoms with Crippen molar-refractivity contribution in [2.75, 3.05) is 0 Å². The zero-order valence-electron chi connectivity index (χ0n) is 11.7. The lowest BCUT2D eigenvalue weighted by atomic mass is 9.80. The van der Waals surface area contributed by atoms with Gasteiger partial charge in [0.25, 0.3) is 0 Å². The molecule has 3 aromatic rings. The second-order valence-corrected chi connectivity index (χ2v) is 5.22. The smallest absolute Gasteiger partial charge is 0.195 e. The van der Waals surface area contributed by atoms with Crippen molar-refractivity contribution in [1.29, 1.82) is 0 Å². The van der Waals surface area contributed by atoms with Gasteiger partial charge in [0.15, 0.2) is 11.6 Å². The summed E-state index contributed by atoms with van der Waals surface area (Å²) in [4.78, 5) is 25.6. The Hall–Kier alpha value is -3.00. The van der Waals surface area contributed by atoms with Crippen LogP contribution in [0.5, 0.6) is 0 Å². The largest absolute Gasteiger partial charge is 0.289 e. The Labute approximate surface area is 128 Å². The topological polar surface area (TPSA) is 34.1 Å². The Bertz CT molecular complexity index is 908. The van der Waals surface area contributed by atoms with Gasteiger partial charge in [0, 0.05) is 22.3 Å². The first-order valence-electron chi connectivity index (χ1n) is 7.05. The van der Waals surface area contributed by atoms with Gasteiger partial charge in [-0.2, -0.15) is 0 Å². The Morgan fingerprint density at radius 1 is 0.591 bits per heavy atom. The van der Waals surface area contributed by atoms with E-state index in [1.165, 1.54) is 0 Å². The van der Waals surface area contributed by atoms with Crippen LogP contribution in [0.15, 0.2) is 66.7 Å². The Morgan fingerprint density at radius 3 is 1.91 bits per heavy atom. The molecule has 0 aliphatic heterocycles. The van der Waals surface area contributed by atoms with Gasteiger partial charge in [-0.15, -0.1) is 0 Å². The molecule has 0 atom stereocenters. The number of rotatable bonds is 1. The van der Waals surface area contributed by atoms with E-state index >= 15 is 0 Å². The zero-order valence-corrected chi connectivity index (χ0v) is 11.7. The summed E-state index contributed by atoms with van der Waals surface area (Å²) < 4.78 is 0. The second-order valence-electron chi connectivity index (χ2n) is 5.22. The summed E-state index contributed by atoms with van der Waals surface area (Å²) >= 11 is 0. The average molecular weight is 283 g/mol. The Morgan fingerprint density at radius 2 is 1.18 bits per heavy atom. The number of carbonyl (C=O) groups excluding carboxylic acids is 2. The van der Waals surface area contributed by atoms with Gasteiger partial charge in [0.2, 0.25) is 0 Å². The quantitative estimate of drug-likeness (QED) is 0.530. The van der Waals surface area contributed by atoms with E-state index in [9.17, 15) is 9.59 Å². The molecule has 0 saturated heterocycles. The predicted molar refractivity (Wildman–Crippen MR) is 84.0 cm³/mol. The molecule has 0 amide bonds. The summed E-state index contributed by atoms with van der Waals surface area (Å²) in [6.45, 7) is 0. The maximum absolute atomic E-state index is 12.9. The third-order valence-electron chi connectivity index (χ3n) is 3.98. The molecule has 1 aliphatic carbocycles. The van der Waals surface area contributed by atoms with E-state index in [1.807, 2.05) is 24.3 Å². The van der Waals surface area contributed by atoms with Crippen LogP contribution >= 0.6 is 0 Å². The van der Waals surface area contributed by atoms with Gasteiger partial charge >= 0.3 is 0 Å². The first-order chi connectivity index (χ1) is 10.8. The van der Waals surface area contributed by atoms with E-state index < -0.39 is 0 Å². The van der Waals surface area contributed by atoms with Crippen molar-refractivity contribution in [3.63, 3.8) is 0 Å². The van der Waals surface area contributed by atoms with Gasteiger partial charge in [-0.25, -0.2) is 0 Å². The molecule has 0 spiro atoms. The van der Waals surface area contributed by atoms with Gasteiger partial charge in [-0.1, -0.05) is 66.7 Å². The van der Waals surface area contributed by atoms with Crippen molar-refractivity contribution in [2.45, 2.75) is 0 Å². The van der Waals surface area contributed by atoms with Crippen molar-refractivity contribution >= 4 is 11.6 Å². The third kappa shape index (κ3) is 1.74. The summed E-state index contributed by atoms with van der Waals surface area (Å²) in [5.74, 6) is -0.178. The molecule has 0 bridgehead atoms. The van der Waals surface area contributed by atoms with Crippen LogP contribution in [0, 0.1) is 6.07 Å². The molecular formula is C20H11O2. The molecule has 2 heteroatoms. The highest BCUT2D eigenvalue weighted by Gasteiger charge is 2.31. The fourth-order valence-corrected chi connectivity index (χ4v) is 2.95. The van der Waals surface area contributed by atoms with Crippen LogP contribution < -0.4 is 0 Å². The third-order valence-corrected chi connectivity index (χ3v) is 3.98. The second kappa shape index (κ2) is 4.78. The van der Waals surface area contributed by atoms with Crippen LogP contribution in [0.4, 0.5) is 0 Å². The normalized spacial score (nSPS) is 12.7.